The maximum atomic E-state index is 13.1. The van der Waals surface area contributed by atoms with Crippen molar-refractivity contribution in [2.24, 2.45) is 0 Å². The zero-order chi connectivity index (χ0) is 17.1. The first-order valence-electron chi connectivity index (χ1n) is 8.46. The highest BCUT2D eigenvalue weighted by Gasteiger charge is 2.37. The van der Waals surface area contributed by atoms with E-state index in [2.05, 4.69) is 0 Å². The zero-order valence-corrected chi connectivity index (χ0v) is 13.8. The summed E-state index contributed by atoms with van der Waals surface area (Å²) in [6.07, 6.45) is 1.12. The molecule has 1 heterocycles. The molecule has 0 amide bonds. The summed E-state index contributed by atoms with van der Waals surface area (Å²) in [7, 11) is 0. The van der Waals surface area contributed by atoms with E-state index in [0.717, 1.165) is 33.6 Å². The van der Waals surface area contributed by atoms with E-state index in [4.69, 9.17) is 4.98 Å². The number of ketones is 2. The predicted octanol–water partition coefficient (Wildman–Crippen LogP) is 4.40. The topological polar surface area (TPSA) is 47.0 Å². The molecule has 0 N–H and O–H groups in total. The van der Waals surface area contributed by atoms with Gasteiger partial charge in [-0.2, -0.15) is 0 Å². The van der Waals surface area contributed by atoms with Crippen molar-refractivity contribution in [3.8, 4) is 22.4 Å². The van der Waals surface area contributed by atoms with Gasteiger partial charge in [0.25, 0.3) is 0 Å². The number of carbonyl (C=O) groups excluding carboxylic acids is 2. The first-order chi connectivity index (χ1) is 12.1. The molecule has 0 spiro atoms. The largest absolute Gasteiger partial charge is 0.294 e. The van der Waals surface area contributed by atoms with E-state index in [1.54, 1.807) is 0 Å². The molecule has 0 aliphatic heterocycles. The van der Waals surface area contributed by atoms with Crippen LogP contribution in [0, 0.1) is 6.92 Å². The Morgan fingerprint density at radius 2 is 1.52 bits per heavy atom. The van der Waals surface area contributed by atoms with Gasteiger partial charge in [-0.15, -0.1) is 0 Å². The van der Waals surface area contributed by atoms with E-state index in [0.29, 0.717) is 29.5 Å². The van der Waals surface area contributed by atoms with Crippen LogP contribution >= 0.6 is 0 Å². The Hall–Kier alpha value is -3.07. The molecule has 0 unspecified atom stereocenters. The molecular weight excluding hydrogens is 310 g/mol. The molecular formula is C22H15NO2. The van der Waals surface area contributed by atoms with Crippen LogP contribution in [0.1, 0.15) is 44.0 Å². The first-order valence-corrected chi connectivity index (χ1v) is 8.46. The van der Waals surface area contributed by atoms with Gasteiger partial charge in [0.05, 0.1) is 17.0 Å². The second kappa shape index (κ2) is 4.96. The number of fused-ring (bicyclic) bond motifs is 4. The molecule has 0 radical (unpaired) electrons. The summed E-state index contributed by atoms with van der Waals surface area (Å²) in [4.78, 5) is 30.4. The predicted molar refractivity (Wildman–Crippen MR) is 95.9 cm³/mol. The number of rotatable bonds is 1. The minimum absolute atomic E-state index is 0.0313. The third-order valence-electron chi connectivity index (χ3n) is 5.13. The Balaban J connectivity index is 1.90. The smallest absolute Gasteiger partial charge is 0.196 e. The zero-order valence-electron chi connectivity index (χ0n) is 13.8. The van der Waals surface area contributed by atoms with Crippen molar-refractivity contribution in [1.82, 2.24) is 4.98 Å². The van der Waals surface area contributed by atoms with Crippen LogP contribution in [0.5, 0.6) is 0 Å². The normalized spacial score (nSPS) is 14.4. The van der Waals surface area contributed by atoms with Gasteiger partial charge in [0, 0.05) is 28.7 Å². The quantitative estimate of drug-likeness (QED) is 0.521. The molecule has 2 aliphatic carbocycles. The Morgan fingerprint density at radius 3 is 2.28 bits per heavy atom. The lowest BCUT2D eigenvalue weighted by Gasteiger charge is -2.13. The van der Waals surface area contributed by atoms with Crippen LogP contribution in [0.4, 0.5) is 0 Å². The summed E-state index contributed by atoms with van der Waals surface area (Å²) < 4.78 is 0. The number of benzene rings is 2. The van der Waals surface area contributed by atoms with E-state index in [1.165, 1.54) is 0 Å². The highest BCUT2D eigenvalue weighted by molar-refractivity contribution is 6.26. The Morgan fingerprint density at radius 1 is 0.800 bits per heavy atom. The molecule has 3 heteroatoms. The first kappa shape index (κ1) is 14.3. The third kappa shape index (κ3) is 1.89. The molecule has 0 atom stereocenters. The van der Waals surface area contributed by atoms with Crippen molar-refractivity contribution >= 4 is 11.6 Å². The summed E-state index contributed by atoms with van der Waals surface area (Å²) in [5.74, 6) is 0.0563. The van der Waals surface area contributed by atoms with Crippen LogP contribution in [0.2, 0.25) is 0 Å². The number of aryl methyl sites for hydroxylation is 2. The Labute approximate surface area is 145 Å². The molecule has 0 saturated heterocycles. The van der Waals surface area contributed by atoms with Crippen LogP contribution in [0.15, 0.2) is 48.5 Å². The maximum Gasteiger partial charge on any atom is 0.196 e. The van der Waals surface area contributed by atoms with Crippen LogP contribution in [-0.2, 0) is 6.42 Å². The molecule has 3 nitrogen and oxygen atoms in total. The number of nitrogens with zero attached hydrogens (tertiary/aromatic N) is 1. The standard InChI is InChI=1S/C22H15NO2/c1-12-6-8-13(9-7-12)18-19-16(10-11-17(19)24)23-21-14-4-2-3-5-15(14)22(25)20(18)21/h2-9H,10-11H2,1H3. The lowest BCUT2D eigenvalue weighted by molar-refractivity contribution is 0.0995. The van der Waals surface area contributed by atoms with Gasteiger partial charge in [-0.05, 0) is 18.9 Å². The van der Waals surface area contributed by atoms with Gasteiger partial charge in [0.1, 0.15) is 0 Å². The van der Waals surface area contributed by atoms with Crippen LogP contribution in [0.3, 0.4) is 0 Å². The molecule has 2 aromatic carbocycles. The summed E-state index contributed by atoms with van der Waals surface area (Å²) in [6.45, 7) is 2.03. The van der Waals surface area contributed by atoms with Crippen molar-refractivity contribution in [1.29, 1.82) is 0 Å². The summed E-state index contributed by atoms with van der Waals surface area (Å²) >= 11 is 0. The van der Waals surface area contributed by atoms with Crippen molar-refractivity contribution in [2.75, 3.05) is 0 Å². The fraction of sp³-hybridized carbons (Fsp3) is 0.136. The molecule has 0 fully saturated rings. The SMILES string of the molecule is Cc1ccc(-c2c3c(nc4c2C(=O)c2ccccc2-4)CCC3=O)cc1. The Kier molecular flexibility index (Phi) is 2.84. The lowest BCUT2D eigenvalue weighted by Crippen LogP contribution is -2.06. The van der Waals surface area contributed by atoms with E-state index < -0.39 is 0 Å². The minimum atomic E-state index is -0.0313. The summed E-state index contributed by atoms with van der Waals surface area (Å²) in [6, 6.07) is 15.6. The second-order valence-electron chi connectivity index (χ2n) is 6.70. The number of carbonyl (C=O) groups is 2. The number of hydrogen-bond donors (Lipinski definition) is 0. The van der Waals surface area contributed by atoms with Gasteiger partial charge in [0.15, 0.2) is 11.6 Å². The maximum absolute atomic E-state index is 13.1. The highest BCUT2D eigenvalue weighted by atomic mass is 16.1. The van der Waals surface area contributed by atoms with Crippen molar-refractivity contribution < 1.29 is 9.59 Å². The van der Waals surface area contributed by atoms with E-state index in [1.807, 2.05) is 55.5 Å². The molecule has 120 valence electrons. The van der Waals surface area contributed by atoms with Crippen molar-refractivity contribution in [3.05, 3.63) is 76.5 Å². The van der Waals surface area contributed by atoms with E-state index >= 15 is 0 Å². The second-order valence-corrected chi connectivity index (χ2v) is 6.70. The summed E-state index contributed by atoms with van der Waals surface area (Å²) in [5, 5.41) is 0. The number of Topliss-reactive ketones (excluding diaryl/α,β-unsaturated/α-hetero) is 1. The van der Waals surface area contributed by atoms with Crippen molar-refractivity contribution in [3.63, 3.8) is 0 Å². The van der Waals surface area contributed by atoms with Gasteiger partial charge >= 0.3 is 0 Å². The van der Waals surface area contributed by atoms with Crippen LogP contribution < -0.4 is 0 Å². The molecule has 1 aromatic heterocycles. The summed E-state index contributed by atoms with van der Waals surface area (Å²) in [5.41, 5.74) is 7.15. The van der Waals surface area contributed by atoms with E-state index in [-0.39, 0.29) is 11.6 Å². The number of pyridine rings is 1. The fourth-order valence-electron chi connectivity index (χ4n) is 3.92. The molecule has 2 aliphatic rings. The average molecular weight is 325 g/mol. The Bertz CT molecular complexity index is 1080. The van der Waals surface area contributed by atoms with Gasteiger partial charge in [0.2, 0.25) is 0 Å². The molecule has 5 rings (SSSR count). The van der Waals surface area contributed by atoms with E-state index in [9.17, 15) is 9.59 Å². The van der Waals surface area contributed by atoms with Crippen LogP contribution in [0.25, 0.3) is 22.4 Å². The fourth-order valence-corrected chi connectivity index (χ4v) is 3.92. The molecule has 3 aromatic rings. The number of hydrogen-bond acceptors (Lipinski definition) is 3. The van der Waals surface area contributed by atoms with Crippen molar-refractivity contribution in [2.45, 2.75) is 19.8 Å². The highest BCUT2D eigenvalue weighted by Crippen LogP contribution is 2.44. The minimum Gasteiger partial charge on any atom is -0.294 e. The molecule has 25 heavy (non-hydrogen) atoms. The molecule has 0 saturated carbocycles. The number of aromatic nitrogens is 1. The third-order valence-corrected chi connectivity index (χ3v) is 5.13. The average Bonchev–Trinajstić information content (AvgIpc) is 3.14. The van der Waals surface area contributed by atoms with Gasteiger partial charge in [-0.25, -0.2) is 0 Å². The molecule has 0 bridgehead atoms. The monoisotopic (exact) mass is 325 g/mol. The lowest BCUT2D eigenvalue weighted by atomic mass is 9.91. The van der Waals surface area contributed by atoms with Gasteiger partial charge in [-0.1, -0.05) is 54.1 Å². The van der Waals surface area contributed by atoms with Crippen LogP contribution in [-0.4, -0.2) is 16.6 Å². The van der Waals surface area contributed by atoms with Gasteiger partial charge in [-0.3, -0.25) is 14.6 Å². The van der Waals surface area contributed by atoms with Gasteiger partial charge < -0.3 is 0 Å².